The van der Waals surface area contributed by atoms with Gasteiger partial charge in [0, 0.05) is 39.6 Å². The molecule has 0 spiro atoms. The summed E-state index contributed by atoms with van der Waals surface area (Å²) in [5.41, 5.74) is 8.76. The van der Waals surface area contributed by atoms with Crippen LogP contribution in [-0.2, 0) is 6.42 Å². The molecule has 0 fully saturated rings. The first-order valence-corrected chi connectivity index (χ1v) is 14.1. The third kappa shape index (κ3) is 3.59. The molecule has 8 rings (SSSR count). The van der Waals surface area contributed by atoms with Gasteiger partial charge in [0.1, 0.15) is 11.6 Å². The summed E-state index contributed by atoms with van der Waals surface area (Å²) < 4.78 is 32.8. The van der Waals surface area contributed by atoms with Crippen LogP contribution >= 0.6 is 0 Å². The Kier molecular flexibility index (Phi) is 5.31. The first-order chi connectivity index (χ1) is 19.7. The average Bonchev–Trinajstić information content (AvgIpc) is 3.50. The van der Waals surface area contributed by atoms with Gasteiger partial charge in [0.15, 0.2) is 0 Å². The number of nitrogens with zero attached hydrogens (tertiary/aromatic N) is 2. The Balaban J connectivity index is 1.28. The van der Waals surface area contributed by atoms with Gasteiger partial charge in [0.25, 0.3) is 0 Å². The number of hydrogen-bond donors (Lipinski definition) is 0. The zero-order chi connectivity index (χ0) is 26.8. The summed E-state index contributed by atoms with van der Waals surface area (Å²) in [7, 11) is 0. The molecule has 40 heavy (non-hydrogen) atoms. The quantitative estimate of drug-likeness (QED) is 0.213. The molecule has 4 heteroatoms. The number of halogens is 2. The highest BCUT2D eigenvalue weighted by Gasteiger charge is 2.38. The fourth-order valence-electron chi connectivity index (χ4n) is 7.13. The van der Waals surface area contributed by atoms with Gasteiger partial charge in [-0.05, 0) is 90.9 Å². The molecule has 2 atom stereocenters. The van der Waals surface area contributed by atoms with E-state index >= 15 is 8.78 Å². The van der Waals surface area contributed by atoms with Crippen molar-refractivity contribution in [2.45, 2.75) is 37.6 Å². The number of rotatable bonds is 3. The van der Waals surface area contributed by atoms with Crippen LogP contribution in [0, 0.1) is 11.6 Å². The lowest BCUT2D eigenvalue weighted by Crippen LogP contribution is -2.29. The van der Waals surface area contributed by atoms with Gasteiger partial charge in [-0.1, -0.05) is 60.7 Å². The fraction of sp³-hybridized carbons (Fsp3) is 0.167. The van der Waals surface area contributed by atoms with Crippen molar-refractivity contribution in [2.24, 2.45) is 0 Å². The monoisotopic (exact) mass is 526 g/mol. The van der Waals surface area contributed by atoms with Gasteiger partial charge in [-0.2, -0.15) is 0 Å². The first kappa shape index (κ1) is 23.4. The Hall–Kier alpha value is -4.44. The number of benzene rings is 4. The van der Waals surface area contributed by atoms with Gasteiger partial charge in [-0.15, -0.1) is 0 Å². The van der Waals surface area contributed by atoms with E-state index in [0.29, 0.717) is 17.0 Å². The molecule has 5 aromatic rings. The molecule has 3 aliphatic rings. The molecule has 2 aliphatic carbocycles. The van der Waals surface area contributed by atoms with E-state index in [2.05, 4.69) is 64.1 Å². The topological polar surface area (TPSA) is 8.17 Å². The second kappa shape index (κ2) is 9.06. The first-order valence-electron chi connectivity index (χ1n) is 14.1. The Morgan fingerprint density at radius 3 is 2.35 bits per heavy atom. The van der Waals surface area contributed by atoms with Crippen molar-refractivity contribution in [3.8, 4) is 16.8 Å². The Labute approximate surface area is 232 Å². The summed E-state index contributed by atoms with van der Waals surface area (Å²) in [5.74, 6) is -0.276. The van der Waals surface area contributed by atoms with Crippen molar-refractivity contribution in [1.29, 1.82) is 0 Å². The van der Waals surface area contributed by atoms with Gasteiger partial charge >= 0.3 is 0 Å². The summed E-state index contributed by atoms with van der Waals surface area (Å²) in [4.78, 5) is 2.25. The van der Waals surface area contributed by atoms with Crippen molar-refractivity contribution < 1.29 is 8.78 Å². The SMILES string of the molecule is Fc1cc(-c2cc(F)cc(-n3c4c(c5ccccc53)C=CCC4)c2)cc(N2c3ccccc3C3CCC=CC32)c1. The lowest BCUT2D eigenvalue weighted by molar-refractivity contribution is 0.571. The largest absolute Gasteiger partial charge is 0.334 e. The van der Waals surface area contributed by atoms with Crippen LogP contribution in [0.1, 0.15) is 42.0 Å². The molecule has 0 radical (unpaired) electrons. The van der Waals surface area contributed by atoms with Crippen molar-refractivity contribution in [3.63, 3.8) is 0 Å². The molecule has 0 saturated heterocycles. The molecule has 196 valence electrons. The van der Waals surface area contributed by atoms with Crippen LogP contribution in [0.4, 0.5) is 20.2 Å². The van der Waals surface area contributed by atoms with Gasteiger partial charge in [-0.25, -0.2) is 8.78 Å². The summed E-state index contributed by atoms with van der Waals surface area (Å²) in [5, 5.41) is 1.16. The van der Waals surface area contributed by atoms with Crippen LogP contribution in [0.25, 0.3) is 33.8 Å². The van der Waals surface area contributed by atoms with Crippen LogP contribution in [0.3, 0.4) is 0 Å². The molecular formula is C36H28F2N2. The number of fused-ring (bicyclic) bond motifs is 6. The van der Waals surface area contributed by atoms with E-state index in [-0.39, 0.29) is 17.7 Å². The van der Waals surface area contributed by atoms with Crippen molar-refractivity contribution in [3.05, 3.63) is 132 Å². The highest BCUT2D eigenvalue weighted by atomic mass is 19.1. The summed E-state index contributed by atoms with van der Waals surface area (Å²) in [6.45, 7) is 0. The van der Waals surface area contributed by atoms with E-state index in [1.54, 1.807) is 12.1 Å². The lowest BCUT2D eigenvalue weighted by Gasteiger charge is -2.30. The van der Waals surface area contributed by atoms with Crippen molar-refractivity contribution >= 4 is 28.4 Å². The van der Waals surface area contributed by atoms with E-state index in [9.17, 15) is 0 Å². The van der Waals surface area contributed by atoms with E-state index in [4.69, 9.17) is 0 Å². The Morgan fingerprint density at radius 1 is 0.725 bits per heavy atom. The zero-order valence-corrected chi connectivity index (χ0v) is 22.0. The van der Waals surface area contributed by atoms with Gasteiger partial charge < -0.3 is 9.47 Å². The van der Waals surface area contributed by atoms with Crippen LogP contribution in [0.2, 0.25) is 0 Å². The molecule has 0 bridgehead atoms. The molecule has 2 unspecified atom stereocenters. The smallest absolute Gasteiger partial charge is 0.125 e. The maximum absolute atomic E-state index is 15.3. The third-order valence-electron chi connectivity index (χ3n) is 8.77. The van der Waals surface area contributed by atoms with E-state index in [0.717, 1.165) is 53.6 Å². The van der Waals surface area contributed by atoms with Gasteiger partial charge in [-0.3, -0.25) is 0 Å². The second-order valence-electron chi connectivity index (χ2n) is 11.1. The predicted octanol–water partition coefficient (Wildman–Crippen LogP) is 9.49. The fourth-order valence-corrected chi connectivity index (χ4v) is 7.13. The number of anilines is 2. The summed E-state index contributed by atoms with van der Waals surface area (Å²) in [6.07, 6.45) is 12.8. The standard InChI is InChI=1S/C36H28F2N2/c37-25-17-23(19-27(21-25)39-33-13-5-1-9-29(33)30-10-2-6-14-34(30)39)24-18-26(38)22-28(20-24)40-35-15-7-3-11-31(35)32-12-4-8-16-36(32)40/h1-3,5,7-11,13,15-22,32,36H,4,6,12,14H2. The Morgan fingerprint density at radius 2 is 1.48 bits per heavy atom. The van der Waals surface area contributed by atoms with E-state index < -0.39 is 0 Å². The molecule has 1 aliphatic heterocycles. The zero-order valence-electron chi connectivity index (χ0n) is 22.0. The maximum atomic E-state index is 15.3. The minimum Gasteiger partial charge on any atom is -0.334 e. The molecule has 0 amide bonds. The van der Waals surface area contributed by atoms with Crippen LogP contribution < -0.4 is 4.90 Å². The minimum absolute atomic E-state index is 0.148. The minimum atomic E-state index is -0.335. The number of hydrogen-bond acceptors (Lipinski definition) is 1. The molecule has 2 heterocycles. The normalized spacial score (nSPS) is 19.1. The molecule has 4 aromatic carbocycles. The van der Waals surface area contributed by atoms with E-state index in [1.165, 1.54) is 29.0 Å². The molecular weight excluding hydrogens is 498 g/mol. The van der Waals surface area contributed by atoms with Crippen LogP contribution in [0.5, 0.6) is 0 Å². The third-order valence-corrected chi connectivity index (χ3v) is 8.77. The summed E-state index contributed by atoms with van der Waals surface area (Å²) in [6, 6.07) is 27.1. The average molecular weight is 527 g/mol. The second-order valence-corrected chi connectivity index (χ2v) is 11.1. The maximum Gasteiger partial charge on any atom is 0.125 e. The number of allylic oxidation sites excluding steroid dienone is 2. The molecule has 0 saturated carbocycles. The highest BCUT2D eigenvalue weighted by molar-refractivity contribution is 5.93. The summed E-state index contributed by atoms with van der Waals surface area (Å²) >= 11 is 0. The van der Waals surface area contributed by atoms with Gasteiger partial charge in [0.2, 0.25) is 0 Å². The lowest BCUT2D eigenvalue weighted by atomic mass is 9.86. The van der Waals surface area contributed by atoms with E-state index in [1.807, 2.05) is 30.3 Å². The number of aromatic nitrogens is 1. The van der Waals surface area contributed by atoms with Crippen molar-refractivity contribution in [1.82, 2.24) is 4.57 Å². The Bertz CT molecular complexity index is 1860. The van der Waals surface area contributed by atoms with Crippen LogP contribution in [-0.4, -0.2) is 10.6 Å². The highest BCUT2D eigenvalue weighted by Crippen LogP contribution is 2.49. The molecule has 1 aromatic heterocycles. The van der Waals surface area contributed by atoms with Gasteiger partial charge in [0.05, 0.1) is 11.6 Å². The van der Waals surface area contributed by atoms with Crippen molar-refractivity contribution in [2.75, 3.05) is 4.90 Å². The number of para-hydroxylation sites is 2. The van der Waals surface area contributed by atoms with Crippen LogP contribution in [0.15, 0.2) is 103 Å². The molecule has 2 nitrogen and oxygen atoms in total. The molecule has 0 N–H and O–H groups in total. The predicted molar refractivity (Wildman–Crippen MR) is 159 cm³/mol.